The van der Waals surface area contributed by atoms with E-state index < -0.39 is 11.6 Å². The quantitative estimate of drug-likeness (QED) is 0.789. The van der Waals surface area contributed by atoms with Gasteiger partial charge in [0.15, 0.2) is 0 Å². The van der Waals surface area contributed by atoms with Gasteiger partial charge in [0, 0.05) is 0 Å². The monoisotopic (exact) mass is 266 g/mol. The minimum atomic E-state index is -0.527. The molecule has 0 bridgehead atoms. The van der Waals surface area contributed by atoms with Crippen LogP contribution in [0.3, 0.4) is 0 Å². The number of carbonyl (C=O) groups is 1. The van der Waals surface area contributed by atoms with Gasteiger partial charge in [0.1, 0.15) is 17.0 Å². The maximum absolute atomic E-state index is 12.0. The fourth-order valence-electron chi connectivity index (χ4n) is 2.20. The minimum Gasteiger partial charge on any atom is -0.456 e. The topological polar surface area (TPSA) is 82.2 Å². The first-order valence-electron chi connectivity index (χ1n) is 6.65. The lowest BCUT2D eigenvalue weighted by Crippen LogP contribution is -2.30. The highest BCUT2D eigenvalue weighted by molar-refractivity contribution is 5.94. The highest BCUT2D eigenvalue weighted by Gasteiger charge is 2.25. The molecule has 0 aliphatic carbocycles. The molecule has 0 unspecified atom stereocenters. The van der Waals surface area contributed by atoms with Crippen molar-refractivity contribution in [1.29, 1.82) is 0 Å². The van der Waals surface area contributed by atoms with Crippen LogP contribution in [-0.2, 0) is 4.74 Å². The molecule has 1 aliphatic rings. The Morgan fingerprint density at radius 1 is 1.47 bits per heavy atom. The molecule has 1 aromatic heterocycles. The van der Waals surface area contributed by atoms with Crippen LogP contribution < -0.4 is 11.1 Å². The van der Waals surface area contributed by atoms with E-state index in [9.17, 15) is 4.79 Å². The van der Waals surface area contributed by atoms with E-state index in [1.54, 1.807) is 4.68 Å². The number of hydrogen-bond acceptors (Lipinski definition) is 5. The lowest BCUT2D eigenvalue weighted by Gasteiger charge is -2.24. The van der Waals surface area contributed by atoms with Crippen LogP contribution in [0.4, 0.5) is 5.82 Å². The maximum Gasteiger partial charge on any atom is 0.344 e. The third-order valence-corrected chi connectivity index (χ3v) is 3.11. The van der Waals surface area contributed by atoms with Crippen LogP contribution in [0.1, 0.15) is 50.0 Å². The van der Waals surface area contributed by atoms with Gasteiger partial charge in [0.25, 0.3) is 0 Å². The highest BCUT2D eigenvalue weighted by Crippen LogP contribution is 2.24. The summed E-state index contributed by atoms with van der Waals surface area (Å²) >= 11 is 0. The normalized spacial score (nSPS) is 17.4. The minimum absolute atomic E-state index is 0.262. The van der Waals surface area contributed by atoms with Crippen LogP contribution in [0.2, 0.25) is 0 Å². The van der Waals surface area contributed by atoms with Gasteiger partial charge in [-0.25, -0.2) is 9.48 Å². The smallest absolute Gasteiger partial charge is 0.344 e. The third kappa shape index (κ3) is 3.26. The van der Waals surface area contributed by atoms with Crippen LogP contribution in [0, 0.1) is 0 Å². The molecule has 1 fully saturated rings. The lowest BCUT2D eigenvalue weighted by atomic mass is 10.1. The van der Waals surface area contributed by atoms with E-state index in [0.717, 1.165) is 25.9 Å². The average Bonchev–Trinajstić information content (AvgIpc) is 2.70. The van der Waals surface area contributed by atoms with Crippen molar-refractivity contribution < 1.29 is 9.53 Å². The first kappa shape index (κ1) is 13.9. The number of piperidine rings is 1. The SMILES string of the molecule is CC(C)(C)OC(=O)c1cnn(C2CCNCC2)c1N. The van der Waals surface area contributed by atoms with Crippen LogP contribution in [0.25, 0.3) is 0 Å². The largest absolute Gasteiger partial charge is 0.456 e. The van der Waals surface area contributed by atoms with Gasteiger partial charge < -0.3 is 15.8 Å². The second-order valence-electron chi connectivity index (χ2n) is 5.87. The number of aromatic nitrogens is 2. The standard InChI is InChI=1S/C13H22N4O2/c1-13(2,3)19-12(18)10-8-16-17(11(10)14)9-4-6-15-7-5-9/h8-9,15H,4-7,14H2,1-3H3. The number of nitrogen functional groups attached to an aromatic ring is 1. The van der Waals surface area contributed by atoms with E-state index >= 15 is 0 Å². The molecule has 0 radical (unpaired) electrons. The molecular weight excluding hydrogens is 244 g/mol. The Labute approximate surface area is 113 Å². The zero-order valence-electron chi connectivity index (χ0n) is 11.8. The molecule has 2 heterocycles. The van der Waals surface area contributed by atoms with Crippen molar-refractivity contribution in [2.24, 2.45) is 0 Å². The number of nitrogens with two attached hydrogens (primary N) is 1. The van der Waals surface area contributed by atoms with Crippen LogP contribution >= 0.6 is 0 Å². The fraction of sp³-hybridized carbons (Fsp3) is 0.692. The molecule has 1 saturated heterocycles. The Bertz CT molecular complexity index is 456. The van der Waals surface area contributed by atoms with Crippen molar-refractivity contribution in [3.63, 3.8) is 0 Å². The number of ether oxygens (including phenoxy) is 1. The van der Waals surface area contributed by atoms with Crippen molar-refractivity contribution in [2.45, 2.75) is 45.3 Å². The van der Waals surface area contributed by atoms with Gasteiger partial charge in [-0.2, -0.15) is 5.10 Å². The predicted octanol–water partition coefficient (Wildman–Crippen LogP) is 1.35. The van der Waals surface area contributed by atoms with E-state index in [0.29, 0.717) is 11.4 Å². The van der Waals surface area contributed by atoms with Crippen molar-refractivity contribution in [2.75, 3.05) is 18.8 Å². The number of hydrogen-bond donors (Lipinski definition) is 2. The second-order valence-corrected chi connectivity index (χ2v) is 5.87. The molecule has 1 aromatic rings. The van der Waals surface area contributed by atoms with Crippen LogP contribution in [0.5, 0.6) is 0 Å². The van der Waals surface area contributed by atoms with Gasteiger partial charge in [0.2, 0.25) is 0 Å². The Morgan fingerprint density at radius 2 is 2.11 bits per heavy atom. The summed E-state index contributed by atoms with van der Waals surface area (Å²) in [5, 5.41) is 7.54. The van der Waals surface area contributed by atoms with E-state index in [2.05, 4.69) is 10.4 Å². The first-order chi connectivity index (χ1) is 8.88. The Balaban J connectivity index is 2.15. The number of anilines is 1. The molecule has 0 atom stereocenters. The number of nitrogens with one attached hydrogen (secondary N) is 1. The van der Waals surface area contributed by atoms with Gasteiger partial charge >= 0.3 is 5.97 Å². The van der Waals surface area contributed by atoms with Gasteiger partial charge in [-0.05, 0) is 46.7 Å². The van der Waals surface area contributed by atoms with Gasteiger partial charge in [0.05, 0.1) is 12.2 Å². The van der Waals surface area contributed by atoms with Crippen molar-refractivity contribution in [3.8, 4) is 0 Å². The van der Waals surface area contributed by atoms with Gasteiger partial charge in [-0.15, -0.1) is 0 Å². The summed E-state index contributed by atoms with van der Waals surface area (Å²) in [6.07, 6.45) is 3.45. The van der Waals surface area contributed by atoms with Gasteiger partial charge in [-0.1, -0.05) is 0 Å². The summed E-state index contributed by atoms with van der Waals surface area (Å²) in [4.78, 5) is 12.0. The van der Waals surface area contributed by atoms with E-state index in [4.69, 9.17) is 10.5 Å². The van der Waals surface area contributed by atoms with Crippen molar-refractivity contribution >= 4 is 11.8 Å². The molecule has 0 amide bonds. The number of rotatable bonds is 2. The van der Waals surface area contributed by atoms with Gasteiger partial charge in [-0.3, -0.25) is 0 Å². The molecule has 106 valence electrons. The summed E-state index contributed by atoms with van der Waals surface area (Å²) in [6.45, 7) is 7.40. The molecule has 2 rings (SSSR count). The molecule has 1 aliphatic heterocycles. The van der Waals surface area contributed by atoms with E-state index in [-0.39, 0.29) is 6.04 Å². The molecule has 6 heteroatoms. The summed E-state index contributed by atoms with van der Waals surface area (Å²) in [5.74, 6) is -0.00802. The summed E-state index contributed by atoms with van der Waals surface area (Å²) in [7, 11) is 0. The zero-order chi connectivity index (χ0) is 14.0. The van der Waals surface area contributed by atoms with E-state index in [1.165, 1.54) is 6.20 Å². The first-order valence-corrected chi connectivity index (χ1v) is 6.65. The predicted molar refractivity (Wildman–Crippen MR) is 72.9 cm³/mol. The molecule has 0 saturated carbocycles. The van der Waals surface area contributed by atoms with E-state index in [1.807, 2.05) is 20.8 Å². The summed E-state index contributed by atoms with van der Waals surface area (Å²) in [5.41, 5.74) is 5.86. The van der Waals surface area contributed by atoms with Crippen LogP contribution in [-0.4, -0.2) is 34.4 Å². The number of nitrogens with zero attached hydrogens (tertiary/aromatic N) is 2. The maximum atomic E-state index is 12.0. The Morgan fingerprint density at radius 3 is 2.68 bits per heavy atom. The molecule has 3 N–H and O–H groups in total. The molecule has 0 spiro atoms. The van der Waals surface area contributed by atoms with Crippen LogP contribution in [0.15, 0.2) is 6.20 Å². The summed E-state index contributed by atoms with van der Waals surface area (Å²) < 4.78 is 7.07. The lowest BCUT2D eigenvalue weighted by molar-refractivity contribution is 0.00707. The highest BCUT2D eigenvalue weighted by atomic mass is 16.6. The molecule has 19 heavy (non-hydrogen) atoms. The fourth-order valence-corrected chi connectivity index (χ4v) is 2.20. The number of carbonyl (C=O) groups excluding carboxylic acids is 1. The number of esters is 1. The third-order valence-electron chi connectivity index (χ3n) is 3.11. The summed E-state index contributed by atoms with van der Waals surface area (Å²) in [6, 6.07) is 0.262. The molecule has 6 nitrogen and oxygen atoms in total. The molecule has 0 aromatic carbocycles. The second kappa shape index (κ2) is 5.21. The molecular formula is C13H22N4O2. The Kier molecular flexibility index (Phi) is 3.80. The van der Waals surface area contributed by atoms with Crippen molar-refractivity contribution in [3.05, 3.63) is 11.8 Å². The Hall–Kier alpha value is -1.56. The van der Waals surface area contributed by atoms with Crippen molar-refractivity contribution in [1.82, 2.24) is 15.1 Å². The zero-order valence-corrected chi connectivity index (χ0v) is 11.8. The average molecular weight is 266 g/mol.